The Morgan fingerprint density at radius 3 is 2.57 bits per heavy atom. The van der Waals surface area contributed by atoms with Gasteiger partial charge in [0, 0.05) is 29.6 Å². The zero-order valence-corrected chi connectivity index (χ0v) is 16.9. The molecular formula is C23H24N4O3. The summed E-state index contributed by atoms with van der Waals surface area (Å²) in [6.45, 7) is 1.06. The van der Waals surface area contributed by atoms with Gasteiger partial charge in [-0.25, -0.2) is 4.79 Å². The van der Waals surface area contributed by atoms with Crippen LogP contribution in [-0.2, 0) is 24.1 Å². The van der Waals surface area contributed by atoms with Gasteiger partial charge in [-0.15, -0.1) is 0 Å². The molecule has 0 unspecified atom stereocenters. The first-order chi connectivity index (χ1) is 14.7. The van der Waals surface area contributed by atoms with Crippen molar-refractivity contribution in [1.29, 1.82) is 0 Å². The first-order valence-electron chi connectivity index (χ1n) is 10.1. The Labute approximate surface area is 175 Å². The Bertz CT molecular complexity index is 1040. The van der Waals surface area contributed by atoms with Crippen LogP contribution in [0.4, 0.5) is 0 Å². The van der Waals surface area contributed by atoms with Crippen molar-refractivity contribution in [1.82, 2.24) is 20.1 Å². The summed E-state index contributed by atoms with van der Waals surface area (Å²) in [5, 5.41) is 7.76. The third kappa shape index (κ3) is 4.10. The van der Waals surface area contributed by atoms with E-state index >= 15 is 0 Å². The Hall–Kier alpha value is -3.48. The predicted molar refractivity (Wildman–Crippen MR) is 112 cm³/mol. The number of nitrogens with zero attached hydrogens (tertiary/aromatic N) is 3. The van der Waals surface area contributed by atoms with Gasteiger partial charge in [-0.2, -0.15) is 5.10 Å². The number of fused-ring (bicyclic) bond motifs is 1. The van der Waals surface area contributed by atoms with E-state index in [0.717, 1.165) is 37.1 Å². The van der Waals surface area contributed by atoms with Crippen LogP contribution in [0.5, 0.6) is 0 Å². The van der Waals surface area contributed by atoms with Crippen LogP contribution in [0.2, 0.25) is 0 Å². The number of carbonyl (C=O) groups is 2. The second-order valence-corrected chi connectivity index (χ2v) is 7.24. The van der Waals surface area contributed by atoms with Gasteiger partial charge in [-0.1, -0.05) is 6.07 Å². The average molecular weight is 404 g/mol. The lowest BCUT2D eigenvalue weighted by atomic mass is 9.95. The standard InChI is InChI=1S/C23H24N4O3/c1-30-23(29)17-11-9-16(10-12-17)22(28)25-14-15-27-20-8-3-2-6-18(20)21(26-27)19-7-4-5-13-24-19/h4-5,7,9-13H,2-3,6,8,14-15H2,1H3,(H,25,28). The highest BCUT2D eigenvalue weighted by atomic mass is 16.5. The molecule has 3 aromatic rings. The molecule has 4 rings (SSSR count). The van der Waals surface area contributed by atoms with Gasteiger partial charge in [0.2, 0.25) is 0 Å². The van der Waals surface area contributed by atoms with E-state index in [2.05, 4.69) is 15.0 Å². The number of esters is 1. The summed E-state index contributed by atoms with van der Waals surface area (Å²) in [4.78, 5) is 28.4. The smallest absolute Gasteiger partial charge is 0.337 e. The lowest BCUT2D eigenvalue weighted by molar-refractivity contribution is 0.0600. The van der Waals surface area contributed by atoms with E-state index in [0.29, 0.717) is 24.2 Å². The Morgan fingerprint density at radius 1 is 1.07 bits per heavy atom. The van der Waals surface area contributed by atoms with Gasteiger partial charge in [0.15, 0.2) is 0 Å². The maximum absolute atomic E-state index is 12.4. The van der Waals surface area contributed by atoms with Crippen molar-refractivity contribution in [3.05, 3.63) is 71.0 Å². The number of hydrogen-bond donors (Lipinski definition) is 1. The van der Waals surface area contributed by atoms with Crippen molar-refractivity contribution >= 4 is 11.9 Å². The number of hydrogen-bond acceptors (Lipinski definition) is 5. The lowest BCUT2D eigenvalue weighted by Crippen LogP contribution is -2.28. The number of amides is 1. The molecule has 7 heteroatoms. The zero-order valence-electron chi connectivity index (χ0n) is 16.9. The number of methoxy groups -OCH3 is 1. The Morgan fingerprint density at radius 2 is 1.83 bits per heavy atom. The first-order valence-corrected chi connectivity index (χ1v) is 10.1. The van der Waals surface area contributed by atoms with Gasteiger partial charge in [0.25, 0.3) is 5.91 Å². The van der Waals surface area contributed by atoms with Crippen molar-refractivity contribution < 1.29 is 14.3 Å². The summed E-state index contributed by atoms with van der Waals surface area (Å²) in [6, 6.07) is 12.3. The van der Waals surface area contributed by atoms with Crippen LogP contribution < -0.4 is 5.32 Å². The van der Waals surface area contributed by atoms with Gasteiger partial charge >= 0.3 is 5.97 Å². The van der Waals surface area contributed by atoms with Crippen molar-refractivity contribution in [3.63, 3.8) is 0 Å². The third-order valence-corrected chi connectivity index (χ3v) is 5.34. The monoisotopic (exact) mass is 404 g/mol. The summed E-state index contributed by atoms with van der Waals surface area (Å²) in [6.07, 6.45) is 6.11. The highest BCUT2D eigenvalue weighted by Gasteiger charge is 2.22. The summed E-state index contributed by atoms with van der Waals surface area (Å²) in [7, 11) is 1.33. The molecule has 1 aromatic carbocycles. The van der Waals surface area contributed by atoms with E-state index < -0.39 is 5.97 Å². The fourth-order valence-electron chi connectivity index (χ4n) is 3.82. The molecule has 1 N–H and O–H groups in total. The van der Waals surface area contributed by atoms with Crippen LogP contribution >= 0.6 is 0 Å². The molecule has 1 aliphatic carbocycles. The molecular weight excluding hydrogens is 380 g/mol. The number of aromatic nitrogens is 3. The Balaban J connectivity index is 1.43. The van der Waals surface area contributed by atoms with Crippen LogP contribution in [0.25, 0.3) is 11.4 Å². The first kappa shape index (κ1) is 19.8. The fourth-order valence-corrected chi connectivity index (χ4v) is 3.82. The van der Waals surface area contributed by atoms with E-state index in [1.807, 2.05) is 22.9 Å². The normalized spacial score (nSPS) is 12.8. The molecule has 0 fully saturated rings. The molecule has 0 aliphatic heterocycles. The maximum atomic E-state index is 12.4. The van der Waals surface area contributed by atoms with E-state index in [4.69, 9.17) is 5.10 Å². The maximum Gasteiger partial charge on any atom is 0.337 e. The molecule has 2 aromatic heterocycles. The van der Waals surface area contributed by atoms with Crippen LogP contribution in [0.3, 0.4) is 0 Å². The van der Waals surface area contributed by atoms with E-state index in [1.54, 1.807) is 30.5 Å². The van der Waals surface area contributed by atoms with Crippen molar-refractivity contribution in [3.8, 4) is 11.4 Å². The lowest BCUT2D eigenvalue weighted by Gasteiger charge is -2.14. The second kappa shape index (κ2) is 8.90. The SMILES string of the molecule is COC(=O)c1ccc(C(=O)NCCn2nc(-c3ccccn3)c3c2CCCC3)cc1. The number of benzene rings is 1. The largest absolute Gasteiger partial charge is 0.465 e. The molecule has 2 heterocycles. The van der Waals surface area contributed by atoms with Gasteiger partial charge in [0.1, 0.15) is 5.69 Å². The summed E-state index contributed by atoms with van der Waals surface area (Å²) < 4.78 is 6.69. The number of nitrogens with one attached hydrogen (secondary N) is 1. The molecule has 0 spiro atoms. The van der Waals surface area contributed by atoms with Crippen LogP contribution in [0.1, 0.15) is 44.8 Å². The van der Waals surface area contributed by atoms with E-state index in [1.165, 1.54) is 18.4 Å². The van der Waals surface area contributed by atoms with Crippen molar-refractivity contribution in [2.45, 2.75) is 32.2 Å². The van der Waals surface area contributed by atoms with Crippen LogP contribution in [0, 0.1) is 0 Å². The summed E-state index contributed by atoms with van der Waals surface area (Å²) in [5.41, 5.74) is 5.29. The molecule has 30 heavy (non-hydrogen) atoms. The summed E-state index contributed by atoms with van der Waals surface area (Å²) >= 11 is 0. The van der Waals surface area contributed by atoms with Gasteiger partial charge in [0.05, 0.1) is 24.9 Å². The van der Waals surface area contributed by atoms with Crippen LogP contribution in [0.15, 0.2) is 48.7 Å². The molecule has 0 saturated heterocycles. The quantitative estimate of drug-likeness (QED) is 0.638. The van der Waals surface area contributed by atoms with Gasteiger partial charge in [-0.3, -0.25) is 14.5 Å². The third-order valence-electron chi connectivity index (χ3n) is 5.34. The number of pyridine rings is 1. The highest BCUT2D eigenvalue weighted by Crippen LogP contribution is 2.30. The van der Waals surface area contributed by atoms with Crippen molar-refractivity contribution in [2.75, 3.05) is 13.7 Å². The van der Waals surface area contributed by atoms with Gasteiger partial charge in [-0.05, 0) is 62.1 Å². The topological polar surface area (TPSA) is 86.1 Å². The van der Waals surface area contributed by atoms with Gasteiger partial charge < -0.3 is 10.1 Å². The minimum atomic E-state index is -0.422. The second-order valence-electron chi connectivity index (χ2n) is 7.24. The molecule has 0 saturated carbocycles. The number of carbonyl (C=O) groups excluding carboxylic acids is 2. The predicted octanol–water partition coefficient (Wildman–Crippen LogP) is 3.04. The summed E-state index contributed by atoms with van der Waals surface area (Å²) in [5.74, 6) is -0.605. The highest BCUT2D eigenvalue weighted by molar-refractivity contribution is 5.96. The molecule has 7 nitrogen and oxygen atoms in total. The van der Waals surface area contributed by atoms with E-state index in [-0.39, 0.29) is 5.91 Å². The minimum absolute atomic E-state index is 0.183. The van der Waals surface area contributed by atoms with Crippen molar-refractivity contribution in [2.24, 2.45) is 0 Å². The molecule has 0 radical (unpaired) electrons. The number of ether oxygens (including phenoxy) is 1. The van der Waals surface area contributed by atoms with E-state index in [9.17, 15) is 9.59 Å². The molecule has 154 valence electrons. The molecule has 0 atom stereocenters. The fraction of sp³-hybridized carbons (Fsp3) is 0.304. The number of rotatable bonds is 6. The molecule has 0 bridgehead atoms. The molecule has 1 amide bonds. The minimum Gasteiger partial charge on any atom is -0.465 e. The zero-order chi connectivity index (χ0) is 20.9. The van der Waals surface area contributed by atoms with Crippen LogP contribution in [-0.4, -0.2) is 40.3 Å². The average Bonchev–Trinajstić information content (AvgIpc) is 3.18. The molecule has 1 aliphatic rings. The Kier molecular flexibility index (Phi) is 5.88.